The molecule has 0 unspecified atom stereocenters. The summed E-state index contributed by atoms with van der Waals surface area (Å²) in [6, 6.07) is 7.76. The highest BCUT2D eigenvalue weighted by Gasteiger charge is 2.47. The number of rotatable bonds is 1. The first-order valence-corrected chi connectivity index (χ1v) is 7.42. The average molecular weight is 362 g/mol. The molecule has 112 valence electrons. The zero-order valence-corrected chi connectivity index (χ0v) is 13.3. The molecule has 4 rings (SSSR count). The Morgan fingerprint density at radius 1 is 1.32 bits per heavy atom. The van der Waals surface area contributed by atoms with Gasteiger partial charge in [0, 0.05) is 10.0 Å². The van der Waals surface area contributed by atoms with E-state index < -0.39 is 5.54 Å². The number of fused-ring (bicyclic) bond motifs is 4. The maximum atomic E-state index is 5.90. The molecule has 0 bridgehead atoms. The molecule has 2 aromatic rings. The Hall–Kier alpha value is -2.28. The van der Waals surface area contributed by atoms with Gasteiger partial charge in [0.25, 0.3) is 6.02 Å². The number of aliphatic imine (C=N–C) groups is 1. The Morgan fingerprint density at radius 3 is 2.91 bits per heavy atom. The molecule has 2 aliphatic heterocycles. The summed E-state index contributed by atoms with van der Waals surface area (Å²) in [5.41, 5.74) is 6.68. The number of benzene rings is 1. The number of methoxy groups -OCH3 is 1. The lowest BCUT2D eigenvalue weighted by Crippen LogP contribution is -2.31. The van der Waals surface area contributed by atoms with Gasteiger partial charge in [-0.2, -0.15) is 0 Å². The van der Waals surface area contributed by atoms with E-state index in [-0.39, 0.29) is 6.02 Å². The number of aromatic nitrogens is 1. The fourth-order valence-electron chi connectivity index (χ4n) is 2.79. The molecule has 0 radical (unpaired) electrons. The van der Waals surface area contributed by atoms with Crippen LogP contribution in [0.3, 0.4) is 0 Å². The molecular weight excluding hydrogens is 350 g/mol. The van der Waals surface area contributed by atoms with Gasteiger partial charge in [0.1, 0.15) is 18.1 Å². The third-order valence-electron chi connectivity index (χ3n) is 3.83. The molecule has 22 heavy (non-hydrogen) atoms. The Bertz CT molecular complexity index is 809. The van der Waals surface area contributed by atoms with Crippen LogP contribution < -0.4 is 15.2 Å². The Balaban J connectivity index is 2.02. The van der Waals surface area contributed by atoms with E-state index in [0.29, 0.717) is 24.0 Å². The average Bonchev–Trinajstić information content (AvgIpc) is 2.91. The van der Waals surface area contributed by atoms with Crippen molar-refractivity contribution in [1.82, 2.24) is 4.98 Å². The first-order chi connectivity index (χ1) is 10.6. The molecule has 0 fully saturated rings. The lowest BCUT2D eigenvalue weighted by Gasteiger charge is -2.32. The van der Waals surface area contributed by atoms with Crippen molar-refractivity contribution in [1.29, 1.82) is 0 Å². The summed E-state index contributed by atoms with van der Waals surface area (Å²) in [5, 5.41) is 0. The van der Waals surface area contributed by atoms with Crippen LogP contribution in [0.5, 0.6) is 17.4 Å². The molecule has 0 aliphatic carbocycles. The lowest BCUT2D eigenvalue weighted by atomic mass is 9.82. The second-order valence-electron chi connectivity index (χ2n) is 5.07. The minimum absolute atomic E-state index is 0.154. The second-order valence-corrected chi connectivity index (χ2v) is 5.99. The van der Waals surface area contributed by atoms with Crippen LogP contribution >= 0.6 is 15.9 Å². The Kier molecular flexibility index (Phi) is 2.80. The standard InChI is InChI=1S/C15H12BrN3O3/c1-20-9-5-11-13(18-6-9)22-12-3-2-8(16)4-10(12)15(11)7-21-14(17)19-15/h2-6H,7H2,1H3,(H2,17,19)/t15-/m1/s1. The van der Waals surface area contributed by atoms with Crippen LogP contribution in [-0.4, -0.2) is 24.7 Å². The van der Waals surface area contributed by atoms with Crippen LogP contribution in [0.4, 0.5) is 0 Å². The molecule has 6 nitrogen and oxygen atoms in total. The van der Waals surface area contributed by atoms with E-state index in [1.165, 1.54) is 0 Å². The molecule has 0 saturated carbocycles. The fraction of sp³-hybridized carbons (Fsp3) is 0.200. The van der Waals surface area contributed by atoms with Crippen LogP contribution in [0.15, 0.2) is 39.9 Å². The number of nitrogens with two attached hydrogens (primary N) is 1. The normalized spacial score (nSPS) is 21.5. The largest absolute Gasteiger partial charge is 0.495 e. The summed E-state index contributed by atoms with van der Waals surface area (Å²) < 4.78 is 17.6. The number of ether oxygens (including phenoxy) is 3. The van der Waals surface area contributed by atoms with Crippen molar-refractivity contribution in [3.05, 3.63) is 46.1 Å². The SMILES string of the molecule is COc1cnc2c(c1)[C@@]1(COC(N)=N1)c1cc(Br)ccc1O2. The van der Waals surface area contributed by atoms with Crippen molar-refractivity contribution in [3.63, 3.8) is 0 Å². The minimum Gasteiger partial charge on any atom is -0.495 e. The van der Waals surface area contributed by atoms with Crippen LogP contribution in [0.25, 0.3) is 0 Å². The molecule has 1 aromatic heterocycles. The molecule has 1 spiro atoms. The van der Waals surface area contributed by atoms with E-state index in [4.69, 9.17) is 19.9 Å². The Morgan fingerprint density at radius 2 is 2.18 bits per heavy atom. The number of nitrogens with zero attached hydrogens (tertiary/aromatic N) is 2. The van der Waals surface area contributed by atoms with Gasteiger partial charge in [-0.15, -0.1) is 0 Å². The predicted molar refractivity (Wildman–Crippen MR) is 83.4 cm³/mol. The predicted octanol–water partition coefficient (Wildman–Crippen LogP) is 2.55. The second kappa shape index (κ2) is 4.61. The molecule has 1 aromatic carbocycles. The summed E-state index contributed by atoms with van der Waals surface area (Å²) >= 11 is 3.49. The summed E-state index contributed by atoms with van der Waals surface area (Å²) in [4.78, 5) is 8.89. The van der Waals surface area contributed by atoms with Gasteiger partial charge < -0.3 is 19.9 Å². The third-order valence-corrected chi connectivity index (χ3v) is 4.32. The molecule has 2 aliphatic rings. The summed E-state index contributed by atoms with van der Waals surface area (Å²) in [5.74, 6) is 1.80. The van der Waals surface area contributed by atoms with Gasteiger partial charge in [-0.25, -0.2) is 9.98 Å². The molecule has 1 atom stereocenters. The highest BCUT2D eigenvalue weighted by Crippen LogP contribution is 2.51. The van der Waals surface area contributed by atoms with E-state index in [2.05, 4.69) is 25.9 Å². The molecule has 7 heteroatoms. The van der Waals surface area contributed by atoms with Gasteiger partial charge in [-0.1, -0.05) is 15.9 Å². The number of pyridine rings is 1. The van der Waals surface area contributed by atoms with Crippen molar-refractivity contribution < 1.29 is 14.2 Å². The van der Waals surface area contributed by atoms with Gasteiger partial charge in [0.15, 0.2) is 5.54 Å². The van der Waals surface area contributed by atoms with E-state index in [1.54, 1.807) is 13.3 Å². The van der Waals surface area contributed by atoms with E-state index >= 15 is 0 Å². The van der Waals surface area contributed by atoms with Crippen molar-refractivity contribution in [2.24, 2.45) is 10.7 Å². The zero-order valence-electron chi connectivity index (χ0n) is 11.7. The van der Waals surface area contributed by atoms with E-state index in [9.17, 15) is 0 Å². The van der Waals surface area contributed by atoms with Crippen LogP contribution in [-0.2, 0) is 10.3 Å². The quantitative estimate of drug-likeness (QED) is 0.844. The maximum Gasteiger partial charge on any atom is 0.283 e. The number of hydrogen-bond acceptors (Lipinski definition) is 6. The Labute approximate surface area is 135 Å². The molecular formula is C15H12BrN3O3. The first kappa shape index (κ1) is 13.4. The monoisotopic (exact) mass is 361 g/mol. The van der Waals surface area contributed by atoms with Crippen molar-refractivity contribution in [2.45, 2.75) is 5.54 Å². The smallest absolute Gasteiger partial charge is 0.283 e. The van der Waals surface area contributed by atoms with E-state index in [1.807, 2.05) is 24.3 Å². The number of hydrogen-bond donors (Lipinski definition) is 1. The zero-order chi connectivity index (χ0) is 15.3. The topological polar surface area (TPSA) is 79.0 Å². The number of amidine groups is 1. The molecule has 2 N–H and O–H groups in total. The first-order valence-electron chi connectivity index (χ1n) is 6.63. The molecule has 0 saturated heterocycles. The van der Waals surface area contributed by atoms with Gasteiger partial charge in [0.05, 0.1) is 18.9 Å². The summed E-state index contributed by atoms with van der Waals surface area (Å²) in [6.07, 6.45) is 1.61. The van der Waals surface area contributed by atoms with Gasteiger partial charge in [0.2, 0.25) is 5.88 Å². The van der Waals surface area contributed by atoms with Crippen LogP contribution in [0.2, 0.25) is 0 Å². The third kappa shape index (κ3) is 1.78. The van der Waals surface area contributed by atoms with Gasteiger partial charge in [-0.3, -0.25) is 0 Å². The molecule has 0 amide bonds. The van der Waals surface area contributed by atoms with Gasteiger partial charge in [-0.05, 0) is 24.3 Å². The summed E-state index contributed by atoms with van der Waals surface area (Å²) in [6.45, 7) is 0.299. The highest BCUT2D eigenvalue weighted by molar-refractivity contribution is 9.10. The van der Waals surface area contributed by atoms with Crippen molar-refractivity contribution >= 4 is 22.0 Å². The van der Waals surface area contributed by atoms with Crippen LogP contribution in [0.1, 0.15) is 11.1 Å². The van der Waals surface area contributed by atoms with Crippen molar-refractivity contribution in [3.8, 4) is 17.4 Å². The minimum atomic E-state index is -0.766. The van der Waals surface area contributed by atoms with Gasteiger partial charge >= 0.3 is 0 Å². The van der Waals surface area contributed by atoms with E-state index in [0.717, 1.165) is 15.6 Å². The number of halogens is 1. The van der Waals surface area contributed by atoms with Crippen LogP contribution in [0, 0.1) is 0 Å². The van der Waals surface area contributed by atoms with Crippen molar-refractivity contribution in [2.75, 3.05) is 13.7 Å². The maximum absolute atomic E-state index is 5.90. The fourth-order valence-corrected chi connectivity index (χ4v) is 3.15. The highest BCUT2D eigenvalue weighted by atomic mass is 79.9. The summed E-state index contributed by atoms with van der Waals surface area (Å²) in [7, 11) is 1.59. The lowest BCUT2D eigenvalue weighted by molar-refractivity contribution is 0.261. The molecule has 3 heterocycles.